The van der Waals surface area contributed by atoms with Crippen LogP contribution in [0.25, 0.3) is 11.0 Å². The van der Waals surface area contributed by atoms with Crippen molar-refractivity contribution in [3.63, 3.8) is 0 Å². The molecule has 6 heteroatoms. The molecule has 3 aromatic rings. The van der Waals surface area contributed by atoms with Crippen molar-refractivity contribution in [3.8, 4) is 6.07 Å². The molecule has 0 amide bonds. The highest BCUT2D eigenvalue weighted by atomic mass is 15.3. The monoisotopic (exact) mass is 426 g/mol. The van der Waals surface area contributed by atoms with Crippen molar-refractivity contribution in [2.75, 3.05) is 37.6 Å². The molecule has 1 fully saturated rings. The molecule has 1 saturated heterocycles. The lowest BCUT2D eigenvalue weighted by atomic mass is 10.0. The Kier molecular flexibility index (Phi) is 5.07. The van der Waals surface area contributed by atoms with Gasteiger partial charge in [-0.3, -0.25) is 4.90 Å². The standard InChI is InChI=1S/C26H30N6/c27-17-22-23-7-3-4-9-32(23)25-24(22)28-18-29-26(25)31-13-11-30(12-14-31)10-8-19-15-20-5-1-2-6-21(20)16-19/h1-2,5-6,18-19H,3-4,7-16H2. The van der Waals surface area contributed by atoms with Gasteiger partial charge in [-0.15, -0.1) is 0 Å². The third-order valence-electron chi connectivity index (χ3n) is 7.74. The normalized spacial score (nSPS) is 19.2. The average molecular weight is 427 g/mol. The Morgan fingerprint density at radius 2 is 1.75 bits per heavy atom. The minimum Gasteiger partial charge on any atom is -0.352 e. The molecule has 4 heterocycles. The first-order valence-electron chi connectivity index (χ1n) is 12.1. The van der Waals surface area contributed by atoms with E-state index in [0.717, 1.165) is 86.0 Å². The van der Waals surface area contributed by atoms with E-state index in [-0.39, 0.29) is 0 Å². The van der Waals surface area contributed by atoms with E-state index in [2.05, 4.69) is 49.7 Å². The fraction of sp³-hybridized carbons (Fsp3) is 0.500. The second-order valence-corrected chi connectivity index (χ2v) is 9.60. The van der Waals surface area contributed by atoms with Crippen molar-refractivity contribution < 1.29 is 0 Å². The van der Waals surface area contributed by atoms with Crippen molar-refractivity contribution in [1.29, 1.82) is 5.26 Å². The van der Waals surface area contributed by atoms with Crippen LogP contribution in [0.1, 0.15) is 41.6 Å². The summed E-state index contributed by atoms with van der Waals surface area (Å²) in [6.07, 6.45) is 8.70. The number of nitrogens with zero attached hydrogens (tertiary/aromatic N) is 6. The first-order chi connectivity index (χ1) is 15.8. The Balaban J connectivity index is 1.13. The summed E-state index contributed by atoms with van der Waals surface area (Å²) in [5.41, 5.74) is 6.96. The number of aryl methyl sites for hydroxylation is 1. The zero-order chi connectivity index (χ0) is 21.5. The second kappa shape index (κ2) is 8.22. The van der Waals surface area contributed by atoms with Gasteiger partial charge in [0.2, 0.25) is 0 Å². The van der Waals surface area contributed by atoms with E-state index in [1.807, 2.05) is 0 Å². The molecule has 0 atom stereocenters. The molecule has 6 nitrogen and oxygen atoms in total. The van der Waals surface area contributed by atoms with Gasteiger partial charge in [-0.2, -0.15) is 5.26 Å². The van der Waals surface area contributed by atoms with E-state index >= 15 is 0 Å². The smallest absolute Gasteiger partial charge is 0.156 e. The number of benzene rings is 1. The van der Waals surface area contributed by atoms with Gasteiger partial charge in [-0.05, 0) is 62.1 Å². The SMILES string of the molecule is N#Cc1c2n(c3c(N4CCN(CCC5Cc6ccccc6C5)CC4)ncnc13)CCCC2. The minimum atomic E-state index is 0.763. The van der Waals surface area contributed by atoms with Crippen molar-refractivity contribution in [1.82, 2.24) is 19.4 Å². The first kappa shape index (κ1) is 19.8. The highest BCUT2D eigenvalue weighted by Crippen LogP contribution is 2.34. The van der Waals surface area contributed by atoms with Gasteiger partial charge in [0.25, 0.3) is 0 Å². The summed E-state index contributed by atoms with van der Waals surface area (Å²) in [6.45, 7) is 6.27. The largest absolute Gasteiger partial charge is 0.352 e. The zero-order valence-electron chi connectivity index (χ0n) is 18.6. The van der Waals surface area contributed by atoms with Crippen LogP contribution < -0.4 is 4.90 Å². The predicted octanol–water partition coefficient (Wildman–Crippen LogP) is 3.57. The third kappa shape index (κ3) is 3.36. The lowest BCUT2D eigenvalue weighted by Gasteiger charge is -2.36. The van der Waals surface area contributed by atoms with Crippen molar-refractivity contribution >= 4 is 16.9 Å². The van der Waals surface area contributed by atoms with E-state index in [4.69, 9.17) is 4.98 Å². The van der Waals surface area contributed by atoms with Crippen LogP contribution >= 0.6 is 0 Å². The molecule has 3 aliphatic rings. The lowest BCUT2D eigenvalue weighted by molar-refractivity contribution is 0.239. The molecule has 0 bridgehead atoms. The summed E-state index contributed by atoms with van der Waals surface area (Å²) in [5.74, 6) is 1.81. The number of nitriles is 1. The maximum absolute atomic E-state index is 9.78. The topological polar surface area (TPSA) is 61.0 Å². The molecule has 0 unspecified atom stereocenters. The molecule has 2 aliphatic heterocycles. The molecule has 32 heavy (non-hydrogen) atoms. The van der Waals surface area contributed by atoms with Crippen LogP contribution in [0, 0.1) is 17.2 Å². The van der Waals surface area contributed by atoms with E-state index < -0.39 is 0 Å². The Labute approximate surface area is 189 Å². The van der Waals surface area contributed by atoms with Gasteiger partial charge in [0.1, 0.15) is 23.4 Å². The summed E-state index contributed by atoms with van der Waals surface area (Å²) >= 11 is 0. The number of aromatic nitrogens is 3. The van der Waals surface area contributed by atoms with E-state index in [1.165, 1.54) is 25.8 Å². The van der Waals surface area contributed by atoms with Gasteiger partial charge in [0.05, 0.1) is 5.56 Å². The molecule has 1 aromatic carbocycles. The van der Waals surface area contributed by atoms with Crippen LogP contribution in [0.3, 0.4) is 0 Å². The molecular weight excluding hydrogens is 396 g/mol. The van der Waals surface area contributed by atoms with Gasteiger partial charge in [-0.1, -0.05) is 24.3 Å². The summed E-state index contributed by atoms with van der Waals surface area (Å²) in [6, 6.07) is 11.4. The van der Waals surface area contributed by atoms with Gasteiger partial charge in [-0.25, -0.2) is 9.97 Å². The Morgan fingerprint density at radius 1 is 0.969 bits per heavy atom. The highest BCUT2D eigenvalue weighted by molar-refractivity contribution is 5.92. The Hall–Kier alpha value is -2.91. The van der Waals surface area contributed by atoms with Crippen LogP contribution in [0.4, 0.5) is 5.82 Å². The number of piperazine rings is 1. The third-order valence-corrected chi connectivity index (χ3v) is 7.74. The molecule has 1 aliphatic carbocycles. The fourth-order valence-electron chi connectivity index (χ4n) is 6.03. The fourth-order valence-corrected chi connectivity index (χ4v) is 6.03. The average Bonchev–Trinajstić information content (AvgIpc) is 3.41. The van der Waals surface area contributed by atoms with Gasteiger partial charge >= 0.3 is 0 Å². The van der Waals surface area contributed by atoms with Crippen molar-refractivity contribution in [2.45, 2.75) is 45.1 Å². The zero-order valence-corrected chi connectivity index (χ0v) is 18.6. The molecule has 0 N–H and O–H groups in total. The van der Waals surface area contributed by atoms with Crippen LogP contribution in [-0.4, -0.2) is 52.2 Å². The molecule has 0 radical (unpaired) electrons. The summed E-state index contributed by atoms with van der Waals surface area (Å²) in [7, 11) is 0. The molecule has 164 valence electrons. The number of hydrogen-bond donors (Lipinski definition) is 0. The van der Waals surface area contributed by atoms with Gasteiger partial charge in [0, 0.05) is 38.4 Å². The van der Waals surface area contributed by atoms with Crippen LogP contribution in [0.15, 0.2) is 30.6 Å². The maximum atomic E-state index is 9.78. The minimum absolute atomic E-state index is 0.763. The van der Waals surface area contributed by atoms with E-state index in [1.54, 1.807) is 17.5 Å². The lowest BCUT2D eigenvalue weighted by Crippen LogP contribution is -2.47. The van der Waals surface area contributed by atoms with Gasteiger partial charge < -0.3 is 9.47 Å². The Morgan fingerprint density at radius 3 is 2.50 bits per heavy atom. The quantitative estimate of drug-likeness (QED) is 0.638. The van der Waals surface area contributed by atoms with Crippen molar-refractivity contribution in [3.05, 3.63) is 53.0 Å². The van der Waals surface area contributed by atoms with Crippen LogP contribution in [0.2, 0.25) is 0 Å². The van der Waals surface area contributed by atoms with E-state index in [0.29, 0.717) is 0 Å². The maximum Gasteiger partial charge on any atom is 0.156 e. The molecule has 0 saturated carbocycles. The van der Waals surface area contributed by atoms with Crippen LogP contribution in [-0.2, 0) is 25.8 Å². The van der Waals surface area contributed by atoms with Gasteiger partial charge in [0.15, 0.2) is 5.82 Å². The molecular formula is C26H30N6. The molecule has 0 spiro atoms. The highest BCUT2D eigenvalue weighted by Gasteiger charge is 2.28. The summed E-state index contributed by atoms with van der Waals surface area (Å²) in [4.78, 5) is 14.3. The van der Waals surface area contributed by atoms with E-state index in [9.17, 15) is 5.26 Å². The number of fused-ring (bicyclic) bond motifs is 4. The van der Waals surface area contributed by atoms with Crippen LogP contribution in [0.5, 0.6) is 0 Å². The number of rotatable bonds is 4. The first-order valence-corrected chi connectivity index (χ1v) is 12.1. The molecule has 6 rings (SSSR count). The predicted molar refractivity (Wildman–Crippen MR) is 126 cm³/mol. The summed E-state index contributed by atoms with van der Waals surface area (Å²) < 4.78 is 2.33. The number of anilines is 1. The second-order valence-electron chi connectivity index (χ2n) is 9.60. The summed E-state index contributed by atoms with van der Waals surface area (Å²) in [5, 5.41) is 9.78. The number of hydrogen-bond acceptors (Lipinski definition) is 5. The Bertz CT molecular complexity index is 1160. The molecule has 2 aromatic heterocycles. The van der Waals surface area contributed by atoms with Crippen molar-refractivity contribution in [2.24, 2.45) is 5.92 Å².